The summed E-state index contributed by atoms with van der Waals surface area (Å²) in [5.74, 6) is 0. The molecule has 0 aromatic rings. The number of nitrogens with zero attached hydrogens (tertiary/aromatic N) is 1. The van der Waals surface area contributed by atoms with Crippen LogP contribution in [-0.2, 0) is 0 Å². The van der Waals surface area contributed by atoms with Crippen molar-refractivity contribution in [1.29, 1.82) is 0 Å². The summed E-state index contributed by atoms with van der Waals surface area (Å²) < 4.78 is 180. The van der Waals surface area contributed by atoms with Gasteiger partial charge in [-0.05, 0) is 12.8 Å². The molecule has 0 unspecified atom stereocenters. The molecule has 0 aromatic carbocycles. The average molecular weight is 616 g/mol. The summed E-state index contributed by atoms with van der Waals surface area (Å²) >= 11 is 3.37. The van der Waals surface area contributed by atoms with Crippen molar-refractivity contribution < 1.29 is 75.5 Å². The molecule has 1 heterocycles. The Bertz CT molecular complexity index is 383. The molecule has 0 aromatic heterocycles. The second kappa shape index (κ2) is 7.21. The van der Waals surface area contributed by atoms with Crippen LogP contribution in [0.4, 0.5) is 75.5 Å². The minimum Gasteiger partial charge on any atom is 3.00 e. The van der Waals surface area contributed by atoms with Gasteiger partial charge >= 0.3 is 109 Å². The third-order valence-corrected chi connectivity index (χ3v) is 1.76. The smallest absolute Gasteiger partial charge is 3.00 e. The third-order valence-electron chi connectivity index (χ3n) is 1.05. The fraction of sp³-hybridized carbons (Fsp3) is 1.00. The second-order valence-electron chi connectivity index (χ2n) is 4.49. The largest absolute Gasteiger partial charge is 3.00 e. The van der Waals surface area contributed by atoms with E-state index < -0.39 is 23.4 Å². The van der Waals surface area contributed by atoms with Gasteiger partial charge in [0.2, 0.25) is 0 Å². The topological polar surface area (TPSA) is 3.24 Å². The molecule has 1 aliphatic heterocycles. The van der Waals surface area contributed by atoms with Crippen LogP contribution in [0.15, 0.2) is 0 Å². The first-order valence-corrected chi connectivity index (χ1v) is 12.1. The van der Waals surface area contributed by atoms with Crippen LogP contribution in [0.3, 0.4) is 0 Å². The molecule has 0 bridgehead atoms. The van der Waals surface area contributed by atoms with E-state index in [-0.39, 0.29) is 9.90 Å². The molecule has 0 saturated carbocycles. The Labute approximate surface area is 155 Å². The summed E-state index contributed by atoms with van der Waals surface area (Å²) in [6.07, 6.45) is 2.73. The van der Waals surface area contributed by atoms with Gasteiger partial charge in [0.25, 0.3) is 0 Å². The standard InChI is InChI=1S/C4H8BrN.3F6P.P/c5-6-3-1-2-4-6;3*1-7(2,3,4,5)6;/h1-4H2;;;;/q;3*-1;+3. The molecule has 1 rings (SSSR count). The maximum atomic E-state index is 9.87. The molecule has 0 atom stereocenters. The van der Waals surface area contributed by atoms with E-state index in [2.05, 4.69) is 20.1 Å². The summed E-state index contributed by atoms with van der Waals surface area (Å²) in [4.78, 5) is 0. The quantitative estimate of drug-likeness (QED) is 0.149. The van der Waals surface area contributed by atoms with Crippen molar-refractivity contribution in [2.24, 2.45) is 0 Å². The molecule has 2 radical (unpaired) electrons. The fourth-order valence-corrected chi connectivity index (χ4v) is 1.18. The number of halogens is 19. The van der Waals surface area contributed by atoms with Gasteiger partial charge < -0.3 is 0 Å². The Morgan fingerprint density at radius 1 is 0.429 bits per heavy atom. The van der Waals surface area contributed by atoms with Gasteiger partial charge in [-0.2, -0.15) is 0 Å². The molecule has 1 nitrogen and oxygen atoms in total. The van der Waals surface area contributed by atoms with Crippen molar-refractivity contribution in [2.75, 3.05) is 13.1 Å². The molecular formula is C4H8BrF18NP4. The van der Waals surface area contributed by atoms with E-state index in [0.29, 0.717) is 0 Å². The van der Waals surface area contributed by atoms with Crippen LogP contribution in [0.5, 0.6) is 0 Å². The SMILES string of the molecule is BrN1CCCC1.F[P-](F)(F)(F)(F)F.F[P-](F)(F)(F)(F)F.F[P-](F)(F)(F)(F)F.[P+3]. The summed E-state index contributed by atoms with van der Waals surface area (Å²) in [6, 6.07) is 0. The zero-order valence-corrected chi connectivity index (χ0v) is 17.4. The molecule has 1 fully saturated rings. The van der Waals surface area contributed by atoms with Crippen LogP contribution >= 0.6 is 49.5 Å². The molecule has 1 saturated heterocycles. The molecule has 28 heavy (non-hydrogen) atoms. The van der Waals surface area contributed by atoms with E-state index in [4.69, 9.17) is 0 Å². The first-order valence-electron chi connectivity index (χ1n) is 5.34. The predicted molar refractivity (Wildman–Crippen MR) is 77.4 cm³/mol. The van der Waals surface area contributed by atoms with Crippen LogP contribution in [0.25, 0.3) is 0 Å². The molecule has 0 N–H and O–H groups in total. The van der Waals surface area contributed by atoms with Crippen molar-refractivity contribution in [1.82, 2.24) is 3.93 Å². The van der Waals surface area contributed by atoms with Crippen molar-refractivity contribution in [3.05, 3.63) is 0 Å². The summed E-state index contributed by atoms with van der Waals surface area (Å²) in [5.41, 5.74) is 0. The maximum absolute atomic E-state index is 10.7. The Morgan fingerprint density at radius 2 is 0.536 bits per heavy atom. The Morgan fingerprint density at radius 3 is 0.571 bits per heavy atom. The molecule has 24 heteroatoms. The number of rotatable bonds is 0. The maximum Gasteiger partial charge on any atom is 3.00 e. The first-order chi connectivity index (χ1) is 10.2. The fourth-order valence-electron chi connectivity index (χ4n) is 0.679. The second-order valence-corrected chi connectivity index (χ2v) is 11.2. The van der Waals surface area contributed by atoms with Gasteiger partial charge in [0.15, 0.2) is 0 Å². The van der Waals surface area contributed by atoms with Crippen molar-refractivity contribution in [3.63, 3.8) is 0 Å². The monoisotopic (exact) mass is 615 g/mol. The van der Waals surface area contributed by atoms with Crippen LogP contribution in [0.1, 0.15) is 12.8 Å². The van der Waals surface area contributed by atoms with Gasteiger partial charge in [0, 0.05) is 29.2 Å². The minimum absolute atomic E-state index is 0. The van der Waals surface area contributed by atoms with Gasteiger partial charge in [0.05, 0.1) is 0 Å². The summed E-state index contributed by atoms with van der Waals surface area (Å²) in [6.45, 7) is 2.47. The van der Waals surface area contributed by atoms with Crippen molar-refractivity contribution in [2.45, 2.75) is 12.8 Å². The van der Waals surface area contributed by atoms with Gasteiger partial charge in [0.1, 0.15) is 0 Å². The summed E-state index contributed by atoms with van der Waals surface area (Å²) in [7, 11) is -32.0. The third kappa shape index (κ3) is 289. The van der Waals surface area contributed by atoms with E-state index in [9.17, 15) is 75.5 Å². The van der Waals surface area contributed by atoms with Crippen molar-refractivity contribution >= 4 is 49.5 Å². The average Bonchev–Trinajstić information content (AvgIpc) is 2.34. The summed E-state index contributed by atoms with van der Waals surface area (Å²) in [5, 5.41) is 0. The molecule has 0 aliphatic carbocycles. The zero-order chi connectivity index (χ0) is 23.6. The van der Waals surface area contributed by atoms with Gasteiger partial charge in [-0.3, -0.25) is 0 Å². The Hall–Kier alpha value is 0.900. The predicted octanol–water partition coefficient (Wildman–Crippen LogP) is 12.4. The van der Waals surface area contributed by atoms with E-state index in [1.54, 1.807) is 0 Å². The first kappa shape index (κ1) is 36.3. The minimum atomic E-state index is -10.7. The molecular weight excluding hydrogens is 608 g/mol. The zero-order valence-electron chi connectivity index (χ0n) is 12.2. The normalized spacial score (nSPS) is 22.8. The van der Waals surface area contributed by atoms with Gasteiger partial charge in [-0.15, -0.1) is 0 Å². The van der Waals surface area contributed by atoms with Gasteiger partial charge in [-0.25, -0.2) is 3.93 Å². The Balaban J connectivity index is -0.000000136. The Kier molecular flexibility index (Phi) is 9.35. The van der Waals surface area contributed by atoms with Crippen LogP contribution in [0, 0.1) is 0 Å². The van der Waals surface area contributed by atoms with Crippen LogP contribution in [-0.4, -0.2) is 17.0 Å². The van der Waals surface area contributed by atoms with E-state index in [1.807, 2.05) is 0 Å². The molecule has 1 aliphatic rings. The number of hydrogen-bond donors (Lipinski definition) is 0. The van der Waals surface area contributed by atoms with E-state index >= 15 is 0 Å². The van der Waals surface area contributed by atoms with Crippen LogP contribution in [0.2, 0.25) is 0 Å². The van der Waals surface area contributed by atoms with Crippen LogP contribution < -0.4 is 0 Å². The van der Waals surface area contributed by atoms with Crippen molar-refractivity contribution in [3.8, 4) is 0 Å². The molecule has 0 spiro atoms. The van der Waals surface area contributed by atoms with E-state index in [1.165, 1.54) is 25.9 Å². The molecule has 182 valence electrons. The molecule has 0 amide bonds. The number of hydrogen-bond acceptors (Lipinski definition) is 1. The van der Waals surface area contributed by atoms with Gasteiger partial charge in [-0.1, -0.05) is 0 Å². The van der Waals surface area contributed by atoms with E-state index in [0.717, 1.165) is 0 Å².